The van der Waals surface area contributed by atoms with Gasteiger partial charge in [-0.25, -0.2) is 5.43 Å². The molecule has 0 spiro atoms. The number of thioether (sulfide) groups is 1. The number of amides is 2. The largest absolute Gasteiger partial charge is 0.455 e. The van der Waals surface area contributed by atoms with Crippen LogP contribution in [0.25, 0.3) is 11.3 Å². The number of rotatable bonds is 7. The van der Waals surface area contributed by atoms with E-state index >= 15 is 0 Å². The zero-order valence-electron chi connectivity index (χ0n) is 19.4. The fraction of sp³-hybridized carbons (Fsp3) is 0.107. The monoisotopic (exact) mass is 549 g/mol. The van der Waals surface area contributed by atoms with E-state index in [1.54, 1.807) is 54.2 Å². The summed E-state index contributed by atoms with van der Waals surface area (Å²) in [7, 11) is 0. The Bertz CT molecular complexity index is 1460. The van der Waals surface area contributed by atoms with Crippen molar-refractivity contribution in [3.63, 3.8) is 0 Å². The number of hydrogen-bond donors (Lipinski definition) is 1. The van der Waals surface area contributed by atoms with Crippen LogP contribution >= 0.6 is 35.0 Å². The van der Waals surface area contributed by atoms with Crippen LogP contribution in [-0.2, 0) is 11.3 Å². The van der Waals surface area contributed by atoms with Crippen LogP contribution in [0.2, 0.25) is 10.0 Å². The van der Waals surface area contributed by atoms with E-state index in [4.69, 9.17) is 27.6 Å². The molecule has 5 rings (SSSR count). The van der Waals surface area contributed by atoms with Crippen LogP contribution in [0, 0.1) is 0 Å². The molecule has 1 unspecified atom stereocenters. The van der Waals surface area contributed by atoms with Crippen molar-refractivity contribution in [1.29, 1.82) is 0 Å². The van der Waals surface area contributed by atoms with Gasteiger partial charge in [-0.2, -0.15) is 5.10 Å². The minimum absolute atomic E-state index is 0.0925. The summed E-state index contributed by atoms with van der Waals surface area (Å²) in [5, 5.41) is 4.93. The molecule has 1 saturated heterocycles. The van der Waals surface area contributed by atoms with Gasteiger partial charge < -0.3 is 9.32 Å². The second kappa shape index (κ2) is 11.3. The second-order valence-corrected chi connectivity index (χ2v) is 10.2. The number of nitrogens with one attached hydrogen (secondary N) is 1. The molecule has 1 aromatic heterocycles. The van der Waals surface area contributed by atoms with Crippen molar-refractivity contribution < 1.29 is 14.0 Å². The van der Waals surface area contributed by atoms with Gasteiger partial charge in [0.25, 0.3) is 5.91 Å². The molecule has 9 heteroatoms. The van der Waals surface area contributed by atoms with Gasteiger partial charge in [0, 0.05) is 22.7 Å². The van der Waals surface area contributed by atoms with Crippen molar-refractivity contribution in [2.24, 2.45) is 5.10 Å². The van der Waals surface area contributed by atoms with E-state index in [0.717, 1.165) is 11.1 Å². The lowest BCUT2D eigenvalue weighted by molar-refractivity contribution is -0.128. The van der Waals surface area contributed by atoms with Crippen LogP contribution in [0.15, 0.2) is 94.4 Å². The highest BCUT2D eigenvalue weighted by molar-refractivity contribution is 8.00. The first kappa shape index (κ1) is 25.1. The average molecular weight is 550 g/mol. The topological polar surface area (TPSA) is 74.9 Å². The third-order valence-electron chi connectivity index (χ3n) is 5.80. The summed E-state index contributed by atoms with van der Waals surface area (Å²) >= 11 is 13.8. The molecule has 4 aromatic rings. The maximum Gasteiger partial charge on any atom is 0.271 e. The van der Waals surface area contributed by atoms with Gasteiger partial charge in [-0.1, -0.05) is 65.7 Å². The predicted octanol–water partition coefficient (Wildman–Crippen LogP) is 6.79. The van der Waals surface area contributed by atoms with E-state index < -0.39 is 0 Å². The molecule has 0 saturated carbocycles. The Morgan fingerprint density at radius 3 is 2.59 bits per heavy atom. The predicted molar refractivity (Wildman–Crippen MR) is 148 cm³/mol. The minimum atomic E-state index is -0.355. The maximum absolute atomic E-state index is 12.6. The van der Waals surface area contributed by atoms with E-state index in [1.807, 2.05) is 47.4 Å². The smallest absolute Gasteiger partial charge is 0.271 e. The highest BCUT2D eigenvalue weighted by Gasteiger charge is 2.32. The normalized spacial score (nSPS) is 15.5. The molecule has 1 atom stereocenters. The molecule has 37 heavy (non-hydrogen) atoms. The number of carbonyl (C=O) groups is 2. The van der Waals surface area contributed by atoms with Crippen LogP contribution in [0.3, 0.4) is 0 Å². The standard InChI is InChI=1S/C28H21Cl2N3O3S/c29-21-10-12-23(24(30)14-21)25-13-11-22(36-25)15-31-32-27(35)19-6-8-20(9-7-19)28-33(26(34)17-37-28)16-18-4-2-1-3-5-18/h1-15,28H,16-17H2,(H,32,35). The minimum Gasteiger partial charge on any atom is -0.455 e. The number of furan rings is 1. The Morgan fingerprint density at radius 1 is 1.05 bits per heavy atom. The summed E-state index contributed by atoms with van der Waals surface area (Å²) in [4.78, 5) is 26.9. The molecule has 2 heterocycles. The molecule has 0 aliphatic carbocycles. The van der Waals surface area contributed by atoms with Gasteiger partial charge in [0.05, 0.1) is 17.0 Å². The Labute approximate surface area is 228 Å². The molecule has 1 N–H and O–H groups in total. The van der Waals surface area contributed by atoms with Crippen molar-refractivity contribution in [3.8, 4) is 11.3 Å². The molecule has 1 aliphatic heterocycles. The fourth-order valence-electron chi connectivity index (χ4n) is 3.96. The van der Waals surface area contributed by atoms with Crippen LogP contribution in [0.5, 0.6) is 0 Å². The van der Waals surface area contributed by atoms with Crippen molar-refractivity contribution in [3.05, 3.63) is 117 Å². The lowest BCUT2D eigenvalue weighted by atomic mass is 10.1. The van der Waals surface area contributed by atoms with Gasteiger partial charge >= 0.3 is 0 Å². The van der Waals surface area contributed by atoms with Crippen molar-refractivity contribution in [2.45, 2.75) is 11.9 Å². The first-order valence-corrected chi connectivity index (χ1v) is 13.2. The first-order valence-electron chi connectivity index (χ1n) is 11.4. The molecule has 1 aliphatic rings. The summed E-state index contributed by atoms with van der Waals surface area (Å²) in [5.74, 6) is 1.21. The van der Waals surface area contributed by atoms with Crippen molar-refractivity contribution >= 4 is 53.0 Å². The number of benzene rings is 3. The SMILES string of the molecule is O=C(NN=Cc1ccc(-c2ccc(Cl)cc2Cl)o1)c1ccc(C2SCC(=O)N2Cc2ccccc2)cc1. The molecule has 0 bridgehead atoms. The lowest BCUT2D eigenvalue weighted by Crippen LogP contribution is -2.27. The van der Waals surface area contributed by atoms with E-state index in [2.05, 4.69) is 10.5 Å². The number of hydrazone groups is 1. The Hall–Kier alpha value is -3.52. The molecule has 3 aromatic carbocycles. The molecule has 0 radical (unpaired) electrons. The van der Waals surface area contributed by atoms with Gasteiger partial charge in [0.1, 0.15) is 16.9 Å². The summed E-state index contributed by atoms with van der Waals surface area (Å²) in [6.07, 6.45) is 1.42. The Morgan fingerprint density at radius 2 is 1.84 bits per heavy atom. The van der Waals surface area contributed by atoms with Crippen LogP contribution < -0.4 is 5.43 Å². The van der Waals surface area contributed by atoms with E-state index in [1.165, 1.54) is 6.21 Å². The van der Waals surface area contributed by atoms with Crippen LogP contribution in [-0.4, -0.2) is 28.7 Å². The molecule has 2 amide bonds. The number of carbonyl (C=O) groups excluding carboxylic acids is 2. The zero-order chi connectivity index (χ0) is 25.8. The van der Waals surface area contributed by atoms with Gasteiger partial charge in [0.2, 0.25) is 5.91 Å². The third-order valence-corrected chi connectivity index (χ3v) is 7.61. The van der Waals surface area contributed by atoms with E-state index in [0.29, 0.717) is 45.0 Å². The van der Waals surface area contributed by atoms with E-state index in [9.17, 15) is 9.59 Å². The Kier molecular flexibility index (Phi) is 7.65. The molecular weight excluding hydrogens is 529 g/mol. The first-order chi connectivity index (χ1) is 18.0. The zero-order valence-corrected chi connectivity index (χ0v) is 21.8. The highest BCUT2D eigenvalue weighted by Crippen LogP contribution is 2.39. The van der Waals surface area contributed by atoms with E-state index in [-0.39, 0.29) is 17.2 Å². The summed E-state index contributed by atoms with van der Waals surface area (Å²) in [6, 6.07) is 25.8. The van der Waals surface area contributed by atoms with Gasteiger partial charge in [-0.15, -0.1) is 11.8 Å². The second-order valence-electron chi connectivity index (χ2n) is 8.32. The fourth-order valence-corrected chi connectivity index (χ4v) is 5.65. The maximum atomic E-state index is 12.6. The number of hydrogen-bond acceptors (Lipinski definition) is 5. The summed E-state index contributed by atoms with van der Waals surface area (Å²) in [5.41, 5.74) is 5.72. The highest BCUT2D eigenvalue weighted by atomic mass is 35.5. The molecule has 6 nitrogen and oxygen atoms in total. The lowest BCUT2D eigenvalue weighted by Gasteiger charge is -2.24. The van der Waals surface area contributed by atoms with Crippen LogP contribution in [0.1, 0.15) is 32.6 Å². The molecule has 1 fully saturated rings. The Balaban J connectivity index is 1.21. The molecular formula is C28H21Cl2N3O3S. The summed E-state index contributed by atoms with van der Waals surface area (Å²) in [6.45, 7) is 0.549. The van der Waals surface area contributed by atoms with Gasteiger partial charge in [0.15, 0.2) is 0 Å². The van der Waals surface area contributed by atoms with Crippen molar-refractivity contribution in [1.82, 2.24) is 10.3 Å². The summed E-state index contributed by atoms with van der Waals surface area (Å²) < 4.78 is 5.75. The number of nitrogens with zero attached hydrogens (tertiary/aromatic N) is 2. The average Bonchev–Trinajstić information content (AvgIpc) is 3.51. The molecule has 186 valence electrons. The van der Waals surface area contributed by atoms with Gasteiger partial charge in [-0.3, -0.25) is 9.59 Å². The third kappa shape index (κ3) is 5.91. The number of halogens is 2. The van der Waals surface area contributed by atoms with Gasteiger partial charge in [-0.05, 0) is 53.6 Å². The quantitative estimate of drug-likeness (QED) is 0.203. The van der Waals surface area contributed by atoms with Crippen molar-refractivity contribution in [2.75, 3.05) is 5.75 Å². The van der Waals surface area contributed by atoms with Crippen LogP contribution in [0.4, 0.5) is 0 Å².